The Morgan fingerprint density at radius 1 is 1.19 bits per heavy atom. The van der Waals surface area contributed by atoms with Crippen LogP contribution >= 0.6 is 0 Å². The van der Waals surface area contributed by atoms with Crippen molar-refractivity contribution in [3.05, 3.63) is 76.7 Å². The van der Waals surface area contributed by atoms with E-state index in [4.69, 9.17) is 0 Å². The average molecular weight is 283 g/mol. The quantitative estimate of drug-likeness (QED) is 0.740. The van der Waals surface area contributed by atoms with Gasteiger partial charge in [-0.25, -0.2) is 4.39 Å². The smallest absolute Gasteiger partial charge is 0.250 e. The minimum Gasteiger partial charge on any atom is -0.311 e. The summed E-state index contributed by atoms with van der Waals surface area (Å²) in [4.78, 5) is 11.7. The molecule has 0 fully saturated rings. The van der Waals surface area contributed by atoms with Gasteiger partial charge in [0.25, 0.3) is 5.56 Å². The Kier molecular flexibility index (Phi) is 3.39. The summed E-state index contributed by atoms with van der Waals surface area (Å²) in [5.74, 6) is -0.327. The molecule has 0 aliphatic rings. The van der Waals surface area contributed by atoms with E-state index in [1.54, 1.807) is 35.3 Å². The summed E-state index contributed by atoms with van der Waals surface area (Å²) in [5, 5.41) is 4.07. The lowest BCUT2D eigenvalue weighted by Gasteiger charge is -2.07. The fourth-order valence-electron chi connectivity index (χ4n) is 2.20. The lowest BCUT2D eigenvalue weighted by Crippen LogP contribution is -2.18. The summed E-state index contributed by atoms with van der Waals surface area (Å²) in [7, 11) is 1.82. The second kappa shape index (κ2) is 5.36. The molecule has 0 bridgehead atoms. The molecule has 2 aromatic heterocycles. The van der Waals surface area contributed by atoms with Gasteiger partial charge in [-0.2, -0.15) is 5.10 Å². The van der Waals surface area contributed by atoms with Crippen LogP contribution in [0.15, 0.2) is 59.8 Å². The van der Waals surface area contributed by atoms with E-state index in [1.165, 1.54) is 16.7 Å². The first kappa shape index (κ1) is 13.3. The third-order valence-electron chi connectivity index (χ3n) is 3.33. The molecule has 0 radical (unpaired) electrons. The highest BCUT2D eigenvalue weighted by atomic mass is 19.1. The SMILES string of the molecule is Cn1cc(-c2ccc(Cn3ccccc3=O)c(F)c2)cn1. The van der Waals surface area contributed by atoms with E-state index in [0.29, 0.717) is 5.56 Å². The van der Waals surface area contributed by atoms with E-state index in [9.17, 15) is 9.18 Å². The Morgan fingerprint density at radius 3 is 2.71 bits per heavy atom. The molecule has 0 atom stereocenters. The second-order valence-electron chi connectivity index (χ2n) is 4.88. The standard InChI is InChI=1S/C16H14FN3O/c1-19-10-14(9-18-19)12-5-6-13(15(17)8-12)11-20-7-3-2-4-16(20)21/h2-10H,11H2,1H3. The van der Waals surface area contributed by atoms with Crippen LogP contribution in [0.25, 0.3) is 11.1 Å². The van der Waals surface area contributed by atoms with E-state index in [0.717, 1.165) is 11.1 Å². The zero-order chi connectivity index (χ0) is 14.8. The molecule has 0 spiro atoms. The first-order valence-electron chi connectivity index (χ1n) is 6.56. The average Bonchev–Trinajstić information content (AvgIpc) is 2.90. The Labute approximate surface area is 121 Å². The van der Waals surface area contributed by atoms with E-state index in [1.807, 2.05) is 19.3 Å². The first-order valence-corrected chi connectivity index (χ1v) is 6.56. The van der Waals surface area contributed by atoms with Crippen LogP contribution in [0, 0.1) is 5.82 Å². The molecule has 3 aromatic rings. The lowest BCUT2D eigenvalue weighted by molar-refractivity contribution is 0.597. The maximum absolute atomic E-state index is 14.2. The molecule has 0 N–H and O–H groups in total. The van der Waals surface area contributed by atoms with Gasteiger partial charge in [0.1, 0.15) is 5.82 Å². The van der Waals surface area contributed by atoms with Crippen LogP contribution in [0.1, 0.15) is 5.56 Å². The van der Waals surface area contributed by atoms with Crippen molar-refractivity contribution in [2.45, 2.75) is 6.54 Å². The van der Waals surface area contributed by atoms with Gasteiger partial charge in [0.15, 0.2) is 0 Å². The molecule has 5 heteroatoms. The summed E-state index contributed by atoms with van der Waals surface area (Å²) in [6.07, 6.45) is 5.17. The zero-order valence-corrected chi connectivity index (χ0v) is 11.5. The molecule has 0 saturated carbocycles. The number of pyridine rings is 1. The van der Waals surface area contributed by atoms with Crippen molar-refractivity contribution >= 4 is 0 Å². The number of rotatable bonds is 3. The molecule has 1 aromatic carbocycles. The van der Waals surface area contributed by atoms with Gasteiger partial charge in [0, 0.05) is 36.6 Å². The van der Waals surface area contributed by atoms with E-state index < -0.39 is 0 Å². The van der Waals surface area contributed by atoms with Gasteiger partial charge in [0.2, 0.25) is 0 Å². The molecule has 0 aliphatic heterocycles. The third-order valence-corrected chi connectivity index (χ3v) is 3.33. The minimum absolute atomic E-state index is 0.145. The third kappa shape index (κ3) is 2.76. The monoisotopic (exact) mass is 283 g/mol. The van der Waals surface area contributed by atoms with Crippen LogP contribution in [0.3, 0.4) is 0 Å². The molecule has 0 amide bonds. The van der Waals surface area contributed by atoms with Crippen LogP contribution in [-0.4, -0.2) is 14.3 Å². The second-order valence-corrected chi connectivity index (χ2v) is 4.88. The highest BCUT2D eigenvalue weighted by Crippen LogP contribution is 2.21. The fraction of sp³-hybridized carbons (Fsp3) is 0.125. The fourth-order valence-corrected chi connectivity index (χ4v) is 2.20. The number of nitrogens with zero attached hydrogens (tertiary/aromatic N) is 3. The van der Waals surface area contributed by atoms with Crippen molar-refractivity contribution in [2.75, 3.05) is 0 Å². The number of halogens is 1. The molecule has 0 saturated heterocycles. The van der Waals surface area contributed by atoms with Gasteiger partial charge in [-0.1, -0.05) is 18.2 Å². The zero-order valence-electron chi connectivity index (χ0n) is 11.5. The summed E-state index contributed by atoms with van der Waals surface area (Å²) in [6.45, 7) is 0.221. The van der Waals surface area contributed by atoms with E-state index in [-0.39, 0.29) is 17.9 Å². The topological polar surface area (TPSA) is 39.8 Å². The Hall–Kier alpha value is -2.69. The van der Waals surface area contributed by atoms with E-state index in [2.05, 4.69) is 5.10 Å². The van der Waals surface area contributed by atoms with Crippen LogP contribution < -0.4 is 5.56 Å². The van der Waals surface area contributed by atoms with Gasteiger partial charge >= 0.3 is 0 Å². The summed E-state index contributed by atoms with van der Waals surface area (Å²) >= 11 is 0. The maximum Gasteiger partial charge on any atom is 0.250 e. The lowest BCUT2D eigenvalue weighted by atomic mass is 10.1. The molecule has 2 heterocycles. The van der Waals surface area contributed by atoms with Crippen molar-refractivity contribution in [1.82, 2.24) is 14.3 Å². The number of benzene rings is 1. The van der Waals surface area contributed by atoms with Crippen LogP contribution in [0.2, 0.25) is 0 Å². The van der Waals surface area contributed by atoms with Crippen molar-refractivity contribution in [3.63, 3.8) is 0 Å². The van der Waals surface area contributed by atoms with Gasteiger partial charge in [-0.05, 0) is 17.7 Å². The van der Waals surface area contributed by atoms with Crippen molar-refractivity contribution in [3.8, 4) is 11.1 Å². The molecule has 4 nitrogen and oxygen atoms in total. The molecule has 0 unspecified atom stereocenters. The normalized spacial score (nSPS) is 10.8. The highest BCUT2D eigenvalue weighted by molar-refractivity contribution is 5.62. The summed E-state index contributed by atoms with van der Waals surface area (Å²) < 4.78 is 17.4. The molecular weight excluding hydrogens is 269 g/mol. The van der Waals surface area contributed by atoms with Gasteiger partial charge in [0.05, 0.1) is 12.7 Å². The molecule has 21 heavy (non-hydrogen) atoms. The molecule has 106 valence electrons. The van der Waals surface area contributed by atoms with Crippen molar-refractivity contribution < 1.29 is 4.39 Å². The van der Waals surface area contributed by atoms with Crippen LogP contribution in [-0.2, 0) is 13.6 Å². The molecular formula is C16H14FN3O. The first-order chi connectivity index (χ1) is 10.1. The number of hydrogen-bond acceptors (Lipinski definition) is 2. The summed E-state index contributed by atoms with van der Waals surface area (Å²) in [5.41, 5.74) is 1.97. The highest BCUT2D eigenvalue weighted by Gasteiger charge is 2.07. The number of hydrogen-bond donors (Lipinski definition) is 0. The largest absolute Gasteiger partial charge is 0.311 e. The predicted molar refractivity (Wildman–Crippen MR) is 78.4 cm³/mol. The van der Waals surface area contributed by atoms with Crippen LogP contribution in [0.5, 0.6) is 0 Å². The van der Waals surface area contributed by atoms with Crippen molar-refractivity contribution in [1.29, 1.82) is 0 Å². The molecule has 3 rings (SSSR count). The maximum atomic E-state index is 14.2. The van der Waals surface area contributed by atoms with E-state index >= 15 is 0 Å². The summed E-state index contributed by atoms with van der Waals surface area (Å²) in [6, 6.07) is 9.90. The molecule has 0 aliphatic carbocycles. The van der Waals surface area contributed by atoms with Gasteiger partial charge in [-0.15, -0.1) is 0 Å². The Bertz CT molecular complexity index is 835. The number of aromatic nitrogens is 3. The van der Waals surface area contributed by atoms with Crippen molar-refractivity contribution in [2.24, 2.45) is 7.05 Å². The number of aryl methyl sites for hydroxylation is 1. The van der Waals surface area contributed by atoms with Gasteiger partial charge < -0.3 is 4.57 Å². The van der Waals surface area contributed by atoms with Crippen LogP contribution in [0.4, 0.5) is 4.39 Å². The van der Waals surface area contributed by atoms with Gasteiger partial charge in [-0.3, -0.25) is 9.48 Å². The minimum atomic E-state index is -0.327. The Morgan fingerprint density at radius 2 is 2.05 bits per heavy atom. The Balaban J connectivity index is 1.92. The predicted octanol–water partition coefficient (Wildman–Crippen LogP) is 2.44.